The fourth-order valence-corrected chi connectivity index (χ4v) is 4.81. The summed E-state index contributed by atoms with van der Waals surface area (Å²) in [7, 11) is 0. The van der Waals surface area contributed by atoms with Crippen LogP contribution in [0.5, 0.6) is 5.75 Å². The number of amides is 1. The first-order valence-electron chi connectivity index (χ1n) is 13.3. The van der Waals surface area contributed by atoms with Crippen LogP contribution in [0, 0.1) is 6.92 Å². The van der Waals surface area contributed by atoms with Gasteiger partial charge in [-0.15, -0.1) is 0 Å². The Bertz CT molecular complexity index is 1590. The first-order valence-corrected chi connectivity index (χ1v) is 13.3. The van der Waals surface area contributed by atoms with Gasteiger partial charge in [0.25, 0.3) is 5.91 Å². The monoisotopic (exact) mass is 525 g/mol. The zero-order chi connectivity index (χ0) is 27.5. The fraction of sp³-hybridized carbons (Fsp3) is 0.281. The summed E-state index contributed by atoms with van der Waals surface area (Å²) < 4.78 is 17.2. The van der Waals surface area contributed by atoms with Gasteiger partial charge in [-0.25, -0.2) is 4.79 Å². The van der Waals surface area contributed by atoms with Gasteiger partial charge in [0.05, 0.1) is 35.8 Å². The molecular weight excluding hydrogens is 494 g/mol. The van der Waals surface area contributed by atoms with E-state index in [1.165, 1.54) is 0 Å². The highest BCUT2D eigenvalue weighted by molar-refractivity contribution is 6.10. The lowest BCUT2D eigenvalue weighted by atomic mass is 9.97. The van der Waals surface area contributed by atoms with Crippen molar-refractivity contribution in [3.8, 4) is 5.75 Å². The Balaban J connectivity index is 1.62. The second-order valence-corrected chi connectivity index (χ2v) is 9.71. The first kappa shape index (κ1) is 26.2. The van der Waals surface area contributed by atoms with E-state index in [0.29, 0.717) is 41.2 Å². The van der Waals surface area contributed by atoms with Gasteiger partial charge in [-0.3, -0.25) is 14.5 Å². The molecule has 0 bridgehead atoms. The van der Waals surface area contributed by atoms with E-state index in [2.05, 4.69) is 0 Å². The van der Waals surface area contributed by atoms with Crippen molar-refractivity contribution >= 4 is 28.5 Å². The van der Waals surface area contributed by atoms with Crippen LogP contribution in [0.4, 0.5) is 5.69 Å². The summed E-state index contributed by atoms with van der Waals surface area (Å²) in [4.78, 5) is 41.7. The van der Waals surface area contributed by atoms with E-state index < -0.39 is 17.9 Å². The normalized spacial score (nSPS) is 14.5. The molecule has 1 aromatic heterocycles. The molecule has 1 amide bonds. The molecule has 4 aromatic rings. The van der Waals surface area contributed by atoms with Crippen molar-refractivity contribution < 1.29 is 23.5 Å². The molecule has 0 aliphatic carbocycles. The number of anilines is 1. The van der Waals surface area contributed by atoms with E-state index in [-0.39, 0.29) is 16.8 Å². The summed E-state index contributed by atoms with van der Waals surface area (Å²) in [5.74, 6) is -0.166. The quantitative estimate of drug-likeness (QED) is 0.181. The molecule has 1 aliphatic rings. The Morgan fingerprint density at radius 3 is 2.49 bits per heavy atom. The molecule has 0 fully saturated rings. The minimum absolute atomic E-state index is 0.0179. The Morgan fingerprint density at radius 2 is 1.74 bits per heavy atom. The summed E-state index contributed by atoms with van der Waals surface area (Å²) in [6.45, 7) is 6.87. The van der Waals surface area contributed by atoms with Gasteiger partial charge in [-0.05, 0) is 73.9 Å². The standard InChI is InChI=1S/C32H31NO6/c1-4-6-17-38-32(36)21-11-13-23(14-12-21)33-28(22-8-7-9-24(19-22)37-16-5-2)27-29(34)25-18-20(3)10-15-26(25)39-30(27)31(33)35/h7-15,18-19,28H,4-6,16-17H2,1-3H3. The largest absolute Gasteiger partial charge is 0.494 e. The van der Waals surface area contributed by atoms with Crippen LogP contribution in [-0.4, -0.2) is 25.1 Å². The summed E-state index contributed by atoms with van der Waals surface area (Å²) in [5.41, 5.74) is 2.97. The second kappa shape index (κ2) is 11.2. The number of benzene rings is 3. The van der Waals surface area contributed by atoms with Crippen molar-refractivity contribution in [1.82, 2.24) is 0 Å². The number of hydrogen-bond donors (Lipinski definition) is 0. The van der Waals surface area contributed by atoms with Crippen LogP contribution in [-0.2, 0) is 4.74 Å². The molecule has 0 saturated heterocycles. The van der Waals surface area contributed by atoms with Crippen molar-refractivity contribution in [2.24, 2.45) is 0 Å². The van der Waals surface area contributed by atoms with Gasteiger partial charge >= 0.3 is 5.97 Å². The zero-order valence-corrected chi connectivity index (χ0v) is 22.4. The Hall–Kier alpha value is -4.39. The molecule has 2 heterocycles. The number of carbonyl (C=O) groups excluding carboxylic acids is 2. The molecule has 7 nitrogen and oxygen atoms in total. The minimum atomic E-state index is -0.735. The lowest BCUT2D eigenvalue weighted by molar-refractivity contribution is 0.0499. The van der Waals surface area contributed by atoms with E-state index >= 15 is 0 Å². The molecule has 3 aromatic carbocycles. The number of hydrogen-bond acceptors (Lipinski definition) is 6. The third kappa shape index (κ3) is 5.04. The van der Waals surface area contributed by atoms with Gasteiger partial charge in [0.2, 0.25) is 5.76 Å². The van der Waals surface area contributed by atoms with Gasteiger partial charge in [0.15, 0.2) is 5.43 Å². The van der Waals surface area contributed by atoms with Gasteiger partial charge < -0.3 is 13.9 Å². The number of esters is 1. The summed E-state index contributed by atoms with van der Waals surface area (Å²) >= 11 is 0. The molecule has 0 radical (unpaired) electrons. The number of unbranched alkanes of at least 4 members (excludes halogenated alkanes) is 1. The maximum Gasteiger partial charge on any atom is 0.338 e. The maximum atomic E-state index is 13.9. The fourth-order valence-electron chi connectivity index (χ4n) is 4.81. The highest BCUT2D eigenvalue weighted by Gasteiger charge is 2.43. The SMILES string of the molecule is CCCCOC(=O)c1ccc(N2C(=O)c3oc4ccc(C)cc4c(=O)c3C2c2cccc(OCCC)c2)cc1. The lowest BCUT2D eigenvalue weighted by Crippen LogP contribution is -2.29. The third-order valence-corrected chi connectivity index (χ3v) is 6.78. The van der Waals surface area contributed by atoms with Gasteiger partial charge in [-0.2, -0.15) is 0 Å². The van der Waals surface area contributed by atoms with E-state index in [4.69, 9.17) is 13.9 Å². The van der Waals surface area contributed by atoms with Crippen LogP contribution >= 0.6 is 0 Å². The topological polar surface area (TPSA) is 86.0 Å². The molecule has 5 rings (SSSR count). The molecule has 1 unspecified atom stereocenters. The molecule has 7 heteroatoms. The number of nitrogens with zero attached hydrogens (tertiary/aromatic N) is 1. The Labute approximate surface area is 227 Å². The van der Waals surface area contributed by atoms with Crippen LogP contribution in [0.15, 0.2) is 75.9 Å². The van der Waals surface area contributed by atoms with Crippen molar-refractivity contribution in [1.29, 1.82) is 0 Å². The highest BCUT2D eigenvalue weighted by atomic mass is 16.5. The number of ether oxygens (including phenoxy) is 2. The molecule has 1 atom stereocenters. The second-order valence-electron chi connectivity index (χ2n) is 9.71. The van der Waals surface area contributed by atoms with Gasteiger partial charge in [0, 0.05) is 5.69 Å². The smallest absolute Gasteiger partial charge is 0.338 e. The van der Waals surface area contributed by atoms with E-state index in [1.54, 1.807) is 41.3 Å². The van der Waals surface area contributed by atoms with Crippen molar-refractivity contribution in [2.75, 3.05) is 18.1 Å². The first-order chi connectivity index (χ1) is 18.9. The number of aryl methyl sites for hydroxylation is 1. The van der Waals surface area contributed by atoms with Crippen LogP contribution < -0.4 is 15.1 Å². The molecule has 200 valence electrons. The lowest BCUT2D eigenvalue weighted by Gasteiger charge is -2.25. The van der Waals surface area contributed by atoms with Crippen molar-refractivity contribution in [3.05, 3.63) is 105 Å². The number of fused-ring (bicyclic) bond motifs is 2. The van der Waals surface area contributed by atoms with Gasteiger partial charge in [-0.1, -0.05) is 44.0 Å². The third-order valence-electron chi connectivity index (χ3n) is 6.78. The maximum absolute atomic E-state index is 13.9. The molecule has 0 saturated carbocycles. The molecular formula is C32H31NO6. The van der Waals surface area contributed by atoms with Crippen LogP contribution in [0.2, 0.25) is 0 Å². The number of rotatable bonds is 9. The predicted molar refractivity (Wildman–Crippen MR) is 150 cm³/mol. The molecule has 0 spiro atoms. The number of carbonyl (C=O) groups is 2. The van der Waals surface area contributed by atoms with E-state index in [0.717, 1.165) is 30.4 Å². The van der Waals surface area contributed by atoms with Crippen LogP contribution in [0.25, 0.3) is 11.0 Å². The molecule has 0 N–H and O–H groups in total. The van der Waals surface area contributed by atoms with E-state index in [9.17, 15) is 14.4 Å². The van der Waals surface area contributed by atoms with E-state index in [1.807, 2.05) is 51.1 Å². The van der Waals surface area contributed by atoms with Crippen molar-refractivity contribution in [3.63, 3.8) is 0 Å². The van der Waals surface area contributed by atoms with Gasteiger partial charge in [0.1, 0.15) is 11.3 Å². The Kier molecular flexibility index (Phi) is 7.50. The zero-order valence-electron chi connectivity index (χ0n) is 22.4. The summed E-state index contributed by atoms with van der Waals surface area (Å²) in [6.07, 6.45) is 2.57. The summed E-state index contributed by atoms with van der Waals surface area (Å²) in [6, 6.07) is 18.7. The predicted octanol–water partition coefficient (Wildman–Crippen LogP) is 6.60. The van der Waals surface area contributed by atoms with Crippen LogP contribution in [0.1, 0.15) is 76.8 Å². The molecule has 1 aliphatic heterocycles. The average Bonchev–Trinajstić information content (AvgIpc) is 3.25. The molecule has 39 heavy (non-hydrogen) atoms. The highest BCUT2D eigenvalue weighted by Crippen LogP contribution is 2.42. The van der Waals surface area contributed by atoms with Crippen LogP contribution in [0.3, 0.4) is 0 Å². The summed E-state index contributed by atoms with van der Waals surface area (Å²) in [5, 5.41) is 0.428. The minimum Gasteiger partial charge on any atom is -0.494 e. The Morgan fingerprint density at radius 1 is 0.949 bits per heavy atom. The van der Waals surface area contributed by atoms with Crippen molar-refractivity contribution in [2.45, 2.75) is 46.1 Å². The average molecular weight is 526 g/mol.